The molecule has 0 fully saturated rings. The lowest BCUT2D eigenvalue weighted by molar-refractivity contribution is 0.620. The van der Waals surface area contributed by atoms with Gasteiger partial charge in [-0.2, -0.15) is 0 Å². The molecule has 0 saturated carbocycles. The van der Waals surface area contributed by atoms with E-state index in [9.17, 15) is 0 Å². The molecule has 6 nitrogen and oxygen atoms in total. The first-order valence-corrected chi connectivity index (χ1v) is 19.4. The fourth-order valence-electron chi connectivity index (χ4n) is 8.60. The number of hydrogen-bond acceptors (Lipinski definition) is 5. The second kappa shape index (κ2) is 12.8. The lowest BCUT2D eigenvalue weighted by Gasteiger charge is -2.18. The molecule has 0 N–H and O–H groups in total. The summed E-state index contributed by atoms with van der Waals surface area (Å²) in [7, 11) is 0. The maximum Gasteiger partial charge on any atom is 0.227 e. The zero-order chi connectivity index (χ0) is 38.2. The highest BCUT2D eigenvalue weighted by molar-refractivity contribution is 6.26. The Labute approximate surface area is 332 Å². The van der Waals surface area contributed by atoms with Crippen molar-refractivity contribution in [3.63, 3.8) is 0 Å². The molecule has 6 heteroatoms. The van der Waals surface area contributed by atoms with E-state index >= 15 is 0 Å². The Morgan fingerprint density at radius 3 is 1.45 bits per heavy atom. The second-order valence-electron chi connectivity index (χ2n) is 14.6. The summed E-state index contributed by atoms with van der Waals surface area (Å²) in [5.74, 6) is 2.28. The Morgan fingerprint density at radius 1 is 0.345 bits per heavy atom. The summed E-state index contributed by atoms with van der Waals surface area (Å²) in [6.07, 6.45) is 0. The molecule has 12 aromatic rings. The smallest absolute Gasteiger partial charge is 0.227 e. The summed E-state index contributed by atoms with van der Waals surface area (Å²) >= 11 is 0. The number of rotatable bonds is 5. The van der Waals surface area contributed by atoms with Gasteiger partial charge in [0.2, 0.25) is 5.89 Å². The molecule has 58 heavy (non-hydrogen) atoms. The van der Waals surface area contributed by atoms with Crippen LogP contribution in [0.15, 0.2) is 192 Å². The molecule has 3 aromatic heterocycles. The van der Waals surface area contributed by atoms with E-state index in [-0.39, 0.29) is 0 Å². The fourth-order valence-corrected chi connectivity index (χ4v) is 8.60. The molecular weight excluding hydrogens is 711 g/mol. The Balaban J connectivity index is 1.18. The predicted molar refractivity (Wildman–Crippen MR) is 236 cm³/mol. The number of oxazole rings is 1. The number of aromatic nitrogens is 5. The van der Waals surface area contributed by atoms with Crippen LogP contribution in [0.25, 0.3) is 117 Å². The molecular formula is C52H31N5O. The molecule has 0 unspecified atom stereocenters. The quantitative estimate of drug-likeness (QED) is 0.164. The van der Waals surface area contributed by atoms with Crippen LogP contribution in [-0.4, -0.2) is 24.5 Å². The van der Waals surface area contributed by atoms with Crippen LogP contribution < -0.4 is 0 Å². The van der Waals surface area contributed by atoms with E-state index in [4.69, 9.17) is 24.4 Å². The third-order valence-electron chi connectivity index (χ3n) is 11.3. The predicted octanol–water partition coefficient (Wildman–Crippen LogP) is 13.2. The van der Waals surface area contributed by atoms with Crippen molar-refractivity contribution in [2.75, 3.05) is 0 Å². The number of benzene rings is 9. The van der Waals surface area contributed by atoms with Gasteiger partial charge in [-0.3, -0.25) is 0 Å². The van der Waals surface area contributed by atoms with Crippen molar-refractivity contribution < 1.29 is 4.42 Å². The second-order valence-corrected chi connectivity index (χ2v) is 14.6. The van der Waals surface area contributed by atoms with Gasteiger partial charge in [-0.05, 0) is 86.9 Å². The topological polar surface area (TPSA) is 69.6 Å². The number of nitrogens with zero attached hydrogens (tertiary/aromatic N) is 5. The average Bonchev–Trinajstić information content (AvgIpc) is 3.88. The van der Waals surface area contributed by atoms with Gasteiger partial charge in [0.25, 0.3) is 0 Å². The molecule has 3 heterocycles. The van der Waals surface area contributed by atoms with Gasteiger partial charge in [0.05, 0.1) is 16.7 Å². The lowest BCUT2D eigenvalue weighted by atomic mass is 9.92. The van der Waals surface area contributed by atoms with Crippen molar-refractivity contribution in [1.82, 2.24) is 24.5 Å². The van der Waals surface area contributed by atoms with Crippen molar-refractivity contribution in [3.05, 3.63) is 188 Å². The Bertz CT molecular complexity index is 3520. The number of para-hydroxylation sites is 2. The van der Waals surface area contributed by atoms with Gasteiger partial charge >= 0.3 is 0 Å². The van der Waals surface area contributed by atoms with Crippen molar-refractivity contribution >= 4 is 65.2 Å². The summed E-state index contributed by atoms with van der Waals surface area (Å²) in [5, 5.41) is 9.47. The standard InChI is InChI=1S/C52H31N5O/c1-3-15-32(16-4-1)49-54-50(34-27-28-48-44(29-34)53-52(58-48)33-17-5-2-6-18-33)56-51(55-49)43-30-41-37-21-9-7-19-35(37)36-20-8-10-22-38(36)42(41)31-47(43)57-45-25-13-11-23-39(45)40-24-12-14-26-46(40)57/h1-31H. The molecule has 0 radical (unpaired) electrons. The van der Waals surface area contributed by atoms with Crippen LogP contribution in [0.4, 0.5) is 0 Å². The van der Waals surface area contributed by atoms with Crippen LogP contribution in [0, 0.1) is 0 Å². The minimum Gasteiger partial charge on any atom is -0.436 e. The molecule has 0 aliphatic heterocycles. The van der Waals surface area contributed by atoms with E-state index in [1.807, 2.05) is 78.9 Å². The Kier molecular flexibility index (Phi) is 7.13. The van der Waals surface area contributed by atoms with Crippen LogP contribution in [0.2, 0.25) is 0 Å². The van der Waals surface area contributed by atoms with Crippen LogP contribution in [0.1, 0.15) is 0 Å². The zero-order valence-corrected chi connectivity index (χ0v) is 31.0. The molecule has 270 valence electrons. The maximum atomic E-state index is 6.20. The normalized spacial score (nSPS) is 11.8. The van der Waals surface area contributed by atoms with Gasteiger partial charge < -0.3 is 8.98 Å². The van der Waals surface area contributed by atoms with E-state index in [0.29, 0.717) is 28.9 Å². The fraction of sp³-hybridized carbons (Fsp3) is 0. The highest BCUT2D eigenvalue weighted by atomic mass is 16.3. The van der Waals surface area contributed by atoms with Crippen LogP contribution in [0.3, 0.4) is 0 Å². The summed E-state index contributed by atoms with van der Waals surface area (Å²) in [6, 6.07) is 65.3. The Hall–Kier alpha value is -7.96. The zero-order valence-electron chi connectivity index (χ0n) is 31.0. The van der Waals surface area contributed by atoms with E-state index < -0.39 is 0 Å². The molecule has 0 spiro atoms. The van der Waals surface area contributed by atoms with Crippen molar-refractivity contribution in [3.8, 4) is 51.3 Å². The molecule has 9 aromatic carbocycles. The highest BCUT2D eigenvalue weighted by Gasteiger charge is 2.22. The Morgan fingerprint density at radius 2 is 0.828 bits per heavy atom. The van der Waals surface area contributed by atoms with Gasteiger partial charge in [-0.25, -0.2) is 19.9 Å². The van der Waals surface area contributed by atoms with E-state index in [0.717, 1.165) is 55.3 Å². The molecule has 0 amide bonds. The summed E-state index contributed by atoms with van der Waals surface area (Å²) in [4.78, 5) is 20.7. The average molecular weight is 742 g/mol. The first kappa shape index (κ1) is 32.3. The van der Waals surface area contributed by atoms with Crippen LogP contribution in [0.5, 0.6) is 0 Å². The number of hydrogen-bond donors (Lipinski definition) is 0. The van der Waals surface area contributed by atoms with E-state index in [1.165, 1.54) is 32.3 Å². The van der Waals surface area contributed by atoms with Gasteiger partial charge in [0, 0.05) is 33.0 Å². The van der Waals surface area contributed by atoms with Crippen LogP contribution >= 0.6 is 0 Å². The van der Waals surface area contributed by atoms with E-state index in [1.54, 1.807) is 0 Å². The van der Waals surface area contributed by atoms with Gasteiger partial charge in [0.1, 0.15) is 5.52 Å². The van der Waals surface area contributed by atoms with Crippen molar-refractivity contribution in [1.29, 1.82) is 0 Å². The molecule has 0 aliphatic carbocycles. The first-order valence-electron chi connectivity index (χ1n) is 19.4. The van der Waals surface area contributed by atoms with Crippen LogP contribution in [-0.2, 0) is 0 Å². The molecule has 0 atom stereocenters. The molecule has 0 aliphatic rings. The SMILES string of the molecule is c1ccc(-c2nc(-c3ccc4oc(-c5ccccc5)nc4c3)nc(-c3cc4c5ccccc5c5ccccc5c4cc3-n3c4ccccc4c4ccccc43)n2)cc1. The van der Waals surface area contributed by atoms with Gasteiger partial charge in [0.15, 0.2) is 23.1 Å². The third kappa shape index (κ3) is 5.05. The molecule has 0 bridgehead atoms. The summed E-state index contributed by atoms with van der Waals surface area (Å²) in [5.41, 5.74) is 8.17. The third-order valence-corrected chi connectivity index (χ3v) is 11.3. The lowest BCUT2D eigenvalue weighted by Crippen LogP contribution is -2.04. The van der Waals surface area contributed by atoms with Crippen molar-refractivity contribution in [2.45, 2.75) is 0 Å². The minimum atomic E-state index is 0.548. The highest BCUT2D eigenvalue weighted by Crippen LogP contribution is 2.42. The monoisotopic (exact) mass is 741 g/mol. The molecule has 0 saturated heterocycles. The van der Waals surface area contributed by atoms with Gasteiger partial charge in [-0.1, -0.05) is 133 Å². The summed E-state index contributed by atoms with van der Waals surface area (Å²) in [6.45, 7) is 0. The number of fused-ring (bicyclic) bond motifs is 10. The van der Waals surface area contributed by atoms with E-state index in [2.05, 4.69) is 114 Å². The maximum absolute atomic E-state index is 6.20. The summed E-state index contributed by atoms with van der Waals surface area (Å²) < 4.78 is 8.57. The first-order chi connectivity index (χ1) is 28.7. The van der Waals surface area contributed by atoms with Crippen molar-refractivity contribution in [2.24, 2.45) is 0 Å². The van der Waals surface area contributed by atoms with Gasteiger partial charge in [-0.15, -0.1) is 0 Å². The minimum absolute atomic E-state index is 0.548. The molecule has 12 rings (SSSR count). The largest absolute Gasteiger partial charge is 0.436 e.